The number of likely N-dealkylation sites (tertiary alicyclic amines) is 1. The van der Waals surface area contributed by atoms with E-state index >= 15 is 0 Å². The predicted octanol–water partition coefficient (Wildman–Crippen LogP) is -2.41. The molecule has 1 fully saturated rings. The maximum atomic E-state index is 13.7. The number of nitrogens with zero attached hydrogens (tertiary/aromatic N) is 2. The number of aliphatic hydroxyl groups is 1. The van der Waals surface area contributed by atoms with Gasteiger partial charge in [-0.15, -0.1) is 0 Å². The van der Waals surface area contributed by atoms with Crippen molar-refractivity contribution >= 4 is 35.5 Å². The Bertz CT molecular complexity index is 1250. The summed E-state index contributed by atoms with van der Waals surface area (Å²) in [6.45, 7) is 3.98. The summed E-state index contributed by atoms with van der Waals surface area (Å²) in [7, 11) is 0. The molecule has 0 aliphatic carbocycles. The molecule has 18 nitrogen and oxygen atoms in total. The van der Waals surface area contributed by atoms with Gasteiger partial charge in [-0.3, -0.25) is 24.0 Å². The van der Waals surface area contributed by atoms with Crippen LogP contribution in [0.4, 0.5) is 0 Å². The first kappa shape index (κ1) is 42.0. The zero-order chi connectivity index (χ0) is 37.2. The van der Waals surface area contributed by atoms with Crippen LogP contribution in [0, 0.1) is 5.92 Å². The van der Waals surface area contributed by atoms with Crippen LogP contribution in [0.15, 0.2) is 12.5 Å². The summed E-state index contributed by atoms with van der Waals surface area (Å²) in [5.74, 6) is -4.39. The second-order valence-electron chi connectivity index (χ2n) is 13.0. The molecule has 2 rings (SSSR count). The van der Waals surface area contributed by atoms with Crippen molar-refractivity contribution < 1.29 is 39.0 Å². The standard InChI is InChI=1S/C32H56N10O8/c1-19(2)14-21(35)27(44)41-25(17-43)31(48)42-13-7-10-26(42)30(47)39-23(9-4-6-12-34)28(45)38-22(8-3-5-11-33)29(46)40-24(32(49)50)15-20-16-36-18-37-20/h16,18-19,21-26,43H,3-15,17,33-35H2,1-2H3,(H,36,37)(H,38,45)(H,39,47)(H,40,46)(H,41,44)(H,49,50)/t21-,22-,23-,24-,25-,26-/m0/s1. The van der Waals surface area contributed by atoms with Crippen LogP contribution >= 0.6 is 0 Å². The Balaban J connectivity index is 2.19. The number of carboxylic acids is 1. The number of nitrogens with one attached hydrogen (secondary N) is 5. The summed E-state index contributed by atoms with van der Waals surface area (Å²) in [6, 6.07) is -6.72. The Hall–Kier alpha value is -4.13. The molecule has 6 atom stereocenters. The van der Waals surface area contributed by atoms with E-state index in [4.69, 9.17) is 17.2 Å². The third-order valence-corrected chi connectivity index (χ3v) is 8.45. The highest BCUT2D eigenvalue weighted by atomic mass is 16.4. The third-order valence-electron chi connectivity index (χ3n) is 8.45. The van der Waals surface area contributed by atoms with Crippen LogP contribution in [0.2, 0.25) is 0 Å². The van der Waals surface area contributed by atoms with E-state index in [1.807, 2.05) is 13.8 Å². The Labute approximate surface area is 292 Å². The van der Waals surface area contributed by atoms with Crippen molar-refractivity contribution in [2.24, 2.45) is 23.1 Å². The topological polar surface area (TPSA) is 301 Å². The number of aromatic amines is 1. The van der Waals surface area contributed by atoms with Gasteiger partial charge in [0.2, 0.25) is 29.5 Å². The Morgan fingerprint density at radius 1 is 0.900 bits per heavy atom. The monoisotopic (exact) mass is 708 g/mol. The van der Waals surface area contributed by atoms with Crippen molar-refractivity contribution in [1.82, 2.24) is 36.1 Å². The van der Waals surface area contributed by atoms with E-state index in [1.165, 1.54) is 17.4 Å². The number of imidazole rings is 1. The number of carbonyl (C=O) groups excluding carboxylic acids is 5. The van der Waals surface area contributed by atoms with Crippen molar-refractivity contribution in [2.75, 3.05) is 26.2 Å². The number of aromatic nitrogens is 2. The first-order valence-electron chi connectivity index (χ1n) is 17.3. The van der Waals surface area contributed by atoms with Crippen LogP contribution in [0.25, 0.3) is 0 Å². The number of unbranched alkanes of at least 4 members (excludes halogenated alkanes) is 2. The number of aliphatic hydroxyl groups excluding tert-OH is 1. The van der Waals surface area contributed by atoms with E-state index in [0.29, 0.717) is 57.3 Å². The predicted molar refractivity (Wildman–Crippen MR) is 183 cm³/mol. The number of carbonyl (C=O) groups is 6. The lowest BCUT2D eigenvalue weighted by molar-refractivity contribution is -0.143. The van der Waals surface area contributed by atoms with E-state index in [-0.39, 0.29) is 38.1 Å². The number of hydrogen-bond acceptors (Lipinski definition) is 11. The van der Waals surface area contributed by atoms with Crippen molar-refractivity contribution in [3.8, 4) is 0 Å². The van der Waals surface area contributed by atoms with Crippen LogP contribution in [0.1, 0.15) is 77.3 Å². The maximum absolute atomic E-state index is 13.7. The quantitative estimate of drug-likeness (QED) is 0.0532. The number of hydrogen-bond donors (Lipinski definition) is 10. The van der Waals surface area contributed by atoms with Crippen LogP contribution < -0.4 is 38.5 Å². The fourth-order valence-corrected chi connectivity index (χ4v) is 5.73. The van der Waals surface area contributed by atoms with Gasteiger partial charge in [-0.25, -0.2) is 9.78 Å². The van der Waals surface area contributed by atoms with E-state index in [9.17, 15) is 39.0 Å². The number of nitrogens with two attached hydrogens (primary N) is 3. The molecule has 13 N–H and O–H groups in total. The van der Waals surface area contributed by atoms with Gasteiger partial charge in [0, 0.05) is 24.9 Å². The molecule has 1 aliphatic rings. The number of aliphatic carboxylic acids is 1. The van der Waals surface area contributed by atoms with Gasteiger partial charge in [-0.05, 0) is 76.8 Å². The van der Waals surface area contributed by atoms with Gasteiger partial charge in [-0.2, -0.15) is 0 Å². The maximum Gasteiger partial charge on any atom is 0.326 e. The molecule has 1 aliphatic heterocycles. The largest absolute Gasteiger partial charge is 0.480 e. The summed E-state index contributed by atoms with van der Waals surface area (Å²) < 4.78 is 0. The van der Waals surface area contributed by atoms with Gasteiger partial charge >= 0.3 is 5.97 Å². The average molecular weight is 709 g/mol. The van der Waals surface area contributed by atoms with Gasteiger partial charge < -0.3 is 58.6 Å². The Kier molecular flexibility index (Phi) is 18.4. The second kappa shape index (κ2) is 21.8. The van der Waals surface area contributed by atoms with E-state index in [2.05, 4.69) is 31.2 Å². The first-order chi connectivity index (χ1) is 23.8. The van der Waals surface area contributed by atoms with Gasteiger partial charge in [0.25, 0.3) is 0 Å². The fourth-order valence-electron chi connectivity index (χ4n) is 5.73. The molecule has 0 saturated carbocycles. The zero-order valence-electron chi connectivity index (χ0n) is 29.1. The molecule has 18 heteroatoms. The highest BCUT2D eigenvalue weighted by molar-refractivity contribution is 5.96. The minimum absolute atomic E-state index is 0.0650. The lowest BCUT2D eigenvalue weighted by Crippen LogP contribution is -2.59. The molecule has 1 aromatic heterocycles. The molecular weight excluding hydrogens is 652 g/mol. The molecule has 2 heterocycles. The van der Waals surface area contributed by atoms with Crippen molar-refractivity contribution in [1.29, 1.82) is 0 Å². The van der Waals surface area contributed by atoms with Crippen LogP contribution in [-0.4, -0.2) is 123 Å². The molecule has 0 spiro atoms. The van der Waals surface area contributed by atoms with E-state index in [0.717, 1.165) is 0 Å². The van der Waals surface area contributed by atoms with Crippen molar-refractivity contribution in [3.63, 3.8) is 0 Å². The first-order valence-corrected chi connectivity index (χ1v) is 17.3. The van der Waals surface area contributed by atoms with Gasteiger partial charge in [0.1, 0.15) is 30.2 Å². The van der Waals surface area contributed by atoms with Crippen molar-refractivity contribution in [3.05, 3.63) is 18.2 Å². The minimum Gasteiger partial charge on any atom is -0.480 e. The number of carboxylic acid groups (broad SMARTS) is 1. The highest BCUT2D eigenvalue weighted by Crippen LogP contribution is 2.20. The molecule has 0 bridgehead atoms. The molecule has 1 aromatic rings. The fraction of sp³-hybridized carbons (Fsp3) is 0.719. The van der Waals surface area contributed by atoms with Gasteiger partial charge in [0.05, 0.1) is 19.0 Å². The lowest BCUT2D eigenvalue weighted by atomic mass is 10.0. The molecule has 0 aromatic carbocycles. The second-order valence-corrected chi connectivity index (χ2v) is 13.0. The third kappa shape index (κ3) is 13.6. The summed E-state index contributed by atoms with van der Waals surface area (Å²) in [5, 5.41) is 30.1. The molecular formula is C32H56N10O8. The smallest absolute Gasteiger partial charge is 0.326 e. The SMILES string of the molecule is CC(C)C[C@H](N)C(=O)N[C@@H](CO)C(=O)N1CCC[C@H]1C(=O)N[C@@H](CCCCN)C(=O)N[C@@H](CCCCN)C(=O)N[C@@H](Cc1cnc[nH]1)C(=O)O. The minimum atomic E-state index is -1.31. The van der Waals surface area contributed by atoms with Crippen molar-refractivity contribution in [2.45, 2.75) is 114 Å². The summed E-state index contributed by atoms with van der Waals surface area (Å²) in [5.41, 5.74) is 17.7. The molecule has 0 radical (unpaired) electrons. The van der Waals surface area contributed by atoms with Gasteiger partial charge in [0.15, 0.2) is 0 Å². The van der Waals surface area contributed by atoms with Crippen LogP contribution in [0.5, 0.6) is 0 Å². The number of amides is 5. The highest BCUT2D eigenvalue weighted by Gasteiger charge is 2.39. The lowest BCUT2D eigenvalue weighted by Gasteiger charge is -2.30. The number of H-pyrrole nitrogens is 1. The molecule has 5 amide bonds. The Morgan fingerprint density at radius 2 is 1.48 bits per heavy atom. The summed E-state index contributed by atoms with van der Waals surface area (Å²) >= 11 is 0. The van der Waals surface area contributed by atoms with E-state index in [1.54, 1.807) is 0 Å². The van der Waals surface area contributed by atoms with E-state index < -0.39 is 78.4 Å². The normalized spacial score (nSPS) is 17.3. The Morgan fingerprint density at radius 3 is 2.00 bits per heavy atom. The average Bonchev–Trinajstić information content (AvgIpc) is 3.78. The molecule has 50 heavy (non-hydrogen) atoms. The zero-order valence-corrected chi connectivity index (χ0v) is 29.1. The van der Waals surface area contributed by atoms with Crippen LogP contribution in [0.3, 0.4) is 0 Å². The summed E-state index contributed by atoms with van der Waals surface area (Å²) in [4.78, 5) is 86.6. The molecule has 0 unspecified atom stereocenters. The van der Waals surface area contributed by atoms with Gasteiger partial charge in [-0.1, -0.05) is 13.8 Å². The summed E-state index contributed by atoms with van der Waals surface area (Å²) in [6.07, 6.45) is 6.27. The molecule has 1 saturated heterocycles. The molecule has 282 valence electrons. The van der Waals surface area contributed by atoms with Crippen LogP contribution in [-0.2, 0) is 35.2 Å². The number of rotatable bonds is 23.